The quantitative estimate of drug-likeness (QED) is 0.590. The van der Waals surface area contributed by atoms with Crippen LogP contribution in [0.1, 0.15) is 31.9 Å². The van der Waals surface area contributed by atoms with Crippen LogP contribution < -0.4 is 10.1 Å². The van der Waals surface area contributed by atoms with Crippen LogP contribution in [0.5, 0.6) is 5.75 Å². The third kappa shape index (κ3) is 5.56. The summed E-state index contributed by atoms with van der Waals surface area (Å²) in [4.78, 5) is 49.1. The molecule has 1 N–H and O–H groups in total. The van der Waals surface area contributed by atoms with Crippen molar-refractivity contribution >= 4 is 40.3 Å². The summed E-state index contributed by atoms with van der Waals surface area (Å²) in [6.07, 6.45) is 0.166. The number of hydrogen-bond donors (Lipinski definition) is 1. The zero-order chi connectivity index (χ0) is 27.5. The monoisotopic (exact) mass is 545 g/mol. The van der Waals surface area contributed by atoms with Crippen LogP contribution in [-0.2, 0) is 14.4 Å². The van der Waals surface area contributed by atoms with E-state index in [0.717, 1.165) is 16.4 Å². The van der Waals surface area contributed by atoms with E-state index in [-0.39, 0.29) is 24.1 Å². The molecule has 9 nitrogen and oxygen atoms in total. The van der Waals surface area contributed by atoms with E-state index in [2.05, 4.69) is 5.32 Å². The van der Waals surface area contributed by atoms with Crippen molar-refractivity contribution in [3.63, 3.8) is 0 Å². The lowest BCUT2D eigenvalue weighted by Gasteiger charge is -2.38. The van der Waals surface area contributed by atoms with Crippen molar-refractivity contribution in [1.82, 2.24) is 14.7 Å². The van der Waals surface area contributed by atoms with Crippen LogP contribution in [0.25, 0.3) is 0 Å². The average molecular weight is 546 g/mol. The van der Waals surface area contributed by atoms with Crippen molar-refractivity contribution < 1.29 is 19.1 Å². The van der Waals surface area contributed by atoms with Crippen molar-refractivity contribution in [2.75, 3.05) is 38.6 Å². The number of carbonyl (C=O) groups excluding carboxylic acids is 3. The Balaban J connectivity index is 1.45. The van der Waals surface area contributed by atoms with Gasteiger partial charge in [-0.3, -0.25) is 14.4 Å². The number of thioether (sulfide) groups is 1. The molecule has 5 rings (SSSR count). The Morgan fingerprint density at radius 2 is 1.74 bits per heavy atom. The molecule has 3 amide bonds. The fourth-order valence-electron chi connectivity index (χ4n) is 5.04. The van der Waals surface area contributed by atoms with Gasteiger partial charge in [-0.2, -0.15) is 0 Å². The molecule has 0 radical (unpaired) electrons. The Labute approximate surface area is 232 Å². The first-order valence-corrected chi connectivity index (χ1v) is 13.7. The van der Waals surface area contributed by atoms with Crippen LogP contribution in [0, 0.1) is 0 Å². The number of carbonyl (C=O) groups is 3. The maximum atomic E-state index is 13.7. The lowest BCUT2D eigenvalue weighted by molar-refractivity contribution is -0.138. The molecule has 2 aromatic rings. The molecule has 0 saturated carbocycles. The molecule has 3 aliphatic rings. The smallest absolute Gasteiger partial charge is 0.255 e. The van der Waals surface area contributed by atoms with Crippen molar-refractivity contribution in [3.8, 4) is 5.75 Å². The molecule has 3 aliphatic heterocycles. The van der Waals surface area contributed by atoms with E-state index < -0.39 is 6.04 Å². The van der Waals surface area contributed by atoms with Gasteiger partial charge >= 0.3 is 0 Å². The fraction of sp³-hybridized carbons (Fsp3) is 0.310. The Morgan fingerprint density at radius 3 is 2.44 bits per heavy atom. The van der Waals surface area contributed by atoms with Gasteiger partial charge < -0.3 is 24.8 Å². The standard InChI is InChI=1S/C29H31N5O4S/c1-19-26(28(37)31-22-9-5-4-6-10-22)27(21-8-7-11-24(16-21)38-3)34-23(18-39-29(34)30-19)17-25(36)33-14-12-32(13-15-33)20(2)35/h4-11,16,18,27H,12-15,17H2,1-3H3,(H,31,37). The number of aliphatic imine (C=N–C) groups is 1. The van der Waals surface area contributed by atoms with Crippen LogP contribution in [0.3, 0.4) is 0 Å². The maximum absolute atomic E-state index is 13.7. The molecule has 1 fully saturated rings. The number of fused-ring (bicyclic) bond motifs is 1. The number of nitrogens with one attached hydrogen (secondary N) is 1. The summed E-state index contributed by atoms with van der Waals surface area (Å²) < 4.78 is 5.50. The molecule has 1 atom stereocenters. The lowest BCUT2D eigenvalue weighted by Crippen LogP contribution is -2.50. The largest absolute Gasteiger partial charge is 0.497 e. The number of anilines is 1. The highest BCUT2D eigenvalue weighted by Crippen LogP contribution is 2.45. The number of allylic oxidation sites excluding steroid dienone is 1. The van der Waals surface area contributed by atoms with Gasteiger partial charge in [0, 0.05) is 44.5 Å². The highest BCUT2D eigenvalue weighted by molar-refractivity contribution is 8.16. The third-order valence-corrected chi connectivity index (χ3v) is 7.99. The molecule has 2 aromatic carbocycles. The topological polar surface area (TPSA) is 94.5 Å². The van der Waals surface area contributed by atoms with E-state index in [9.17, 15) is 14.4 Å². The van der Waals surface area contributed by atoms with Gasteiger partial charge in [0.05, 0.1) is 30.8 Å². The third-order valence-electron chi connectivity index (χ3n) is 7.10. The molecular formula is C29H31N5O4S. The highest BCUT2D eigenvalue weighted by atomic mass is 32.2. The minimum absolute atomic E-state index is 0.0164. The molecule has 202 valence electrons. The Kier molecular flexibility index (Phi) is 7.74. The van der Waals surface area contributed by atoms with Gasteiger partial charge in [0.2, 0.25) is 11.8 Å². The normalized spacial score (nSPS) is 18.8. The Hall–Kier alpha value is -4.05. The van der Waals surface area contributed by atoms with Crippen molar-refractivity contribution in [1.29, 1.82) is 0 Å². The number of amides is 3. The molecule has 39 heavy (non-hydrogen) atoms. The zero-order valence-electron chi connectivity index (χ0n) is 22.2. The predicted octanol–water partition coefficient (Wildman–Crippen LogP) is 3.99. The molecule has 0 aromatic heterocycles. The Morgan fingerprint density at radius 1 is 1.03 bits per heavy atom. The van der Waals surface area contributed by atoms with E-state index in [1.54, 1.807) is 23.8 Å². The van der Waals surface area contributed by atoms with Crippen LogP contribution in [0.15, 0.2) is 82.0 Å². The number of para-hydroxylation sites is 1. The first kappa shape index (κ1) is 26.6. The second kappa shape index (κ2) is 11.4. The van der Waals surface area contributed by atoms with E-state index >= 15 is 0 Å². The molecule has 0 bridgehead atoms. The summed E-state index contributed by atoms with van der Waals surface area (Å²) in [6, 6.07) is 16.4. The zero-order valence-corrected chi connectivity index (χ0v) is 23.0. The molecule has 1 unspecified atom stereocenters. The Bertz CT molecular complexity index is 1380. The van der Waals surface area contributed by atoms with Gasteiger partial charge in [-0.1, -0.05) is 42.1 Å². The second-order valence-corrected chi connectivity index (χ2v) is 10.4. The first-order valence-electron chi connectivity index (χ1n) is 12.8. The van der Waals surface area contributed by atoms with E-state index in [0.29, 0.717) is 48.9 Å². The van der Waals surface area contributed by atoms with E-state index in [4.69, 9.17) is 9.73 Å². The van der Waals surface area contributed by atoms with Crippen LogP contribution >= 0.6 is 11.8 Å². The number of ether oxygens (including phenoxy) is 1. The summed E-state index contributed by atoms with van der Waals surface area (Å²) >= 11 is 1.45. The number of nitrogens with zero attached hydrogens (tertiary/aromatic N) is 4. The highest BCUT2D eigenvalue weighted by Gasteiger charge is 2.41. The second-order valence-electron chi connectivity index (χ2n) is 9.55. The maximum Gasteiger partial charge on any atom is 0.255 e. The minimum atomic E-state index is -0.500. The molecule has 10 heteroatoms. The first-order chi connectivity index (χ1) is 18.9. The van der Waals surface area contributed by atoms with E-state index in [1.807, 2.05) is 71.8 Å². The van der Waals surface area contributed by atoms with Gasteiger partial charge in [-0.05, 0) is 42.2 Å². The van der Waals surface area contributed by atoms with Crippen LogP contribution in [-0.4, -0.2) is 70.9 Å². The van der Waals surface area contributed by atoms with Gasteiger partial charge in [0.15, 0.2) is 5.17 Å². The number of benzene rings is 2. The lowest BCUT2D eigenvalue weighted by atomic mass is 9.93. The minimum Gasteiger partial charge on any atom is -0.497 e. The number of rotatable bonds is 6. The van der Waals surface area contributed by atoms with Crippen LogP contribution in [0.2, 0.25) is 0 Å². The number of methoxy groups -OCH3 is 1. The number of piperazine rings is 1. The molecule has 0 spiro atoms. The van der Waals surface area contributed by atoms with Gasteiger partial charge in [-0.25, -0.2) is 4.99 Å². The predicted molar refractivity (Wildman–Crippen MR) is 152 cm³/mol. The van der Waals surface area contributed by atoms with E-state index in [1.165, 1.54) is 11.8 Å². The average Bonchev–Trinajstić information content (AvgIpc) is 3.34. The van der Waals surface area contributed by atoms with Gasteiger partial charge in [0.25, 0.3) is 5.91 Å². The fourth-order valence-corrected chi connectivity index (χ4v) is 6.01. The van der Waals surface area contributed by atoms with Crippen molar-refractivity contribution in [2.45, 2.75) is 26.3 Å². The molecule has 0 aliphatic carbocycles. The summed E-state index contributed by atoms with van der Waals surface area (Å²) in [5.41, 5.74) is 3.45. The summed E-state index contributed by atoms with van der Waals surface area (Å²) in [5, 5.41) is 5.68. The van der Waals surface area contributed by atoms with Crippen molar-refractivity contribution in [3.05, 3.63) is 82.5 Å². The summed E-state index contributed by atoms with van der Waals surface area (Å²) in [6.45, 7) is 5.46. The van der Waals surface area contributed by atoms with Crippen molar-refractivity contribution in [2.24, 2.45) is 4.99 Å². The summed E-state index contributed by atoms with van der Waals surface area (Å²) in [5.74, 6) is 0.430. The number of amidine groups is 1. The molecular weight excluding hydrogens is 514 g/mol. The van der Waals surface area contributed by atoms with Crippen LogP contribution in [0.4, 0.5) is 5.69 Å². The molecule has 1 saturated heterocycles. The van der Waals surface area contributed by atoms with Gasteiger partial charge in [-0.15, -0.1) is 0 Å². The molecule has 3 heterocycles. The number of hydrogen-bond acceptors (Lipinski definition) is 7. The summed E-state index contributed by atoms with van der Waals surface area (Å²) in [7, 11) is 1.61. The SMILES string of the molecule is COc1cccc(C2C(C(=O)Nc3ccccc3)=C(C)N=C3SC=C(CC(=O)N4CCN(C(C)=O)CC4)N32)c1. The van der Waals surface area contributed by atoms with Gasteiger partial charge in [0.1, 0.15) is 5.75 Å².